The Labute approximate surface area is 182 Å². The van der Waals surface area contributed by atoms with E-state index >= 15 is 0 Å². The Bertz CT molecular complexity index is 917. The maximum absolute atomic E-state index is 13.4. The van der Waals surface area contributed by atoms with E-state index in [9.17, 15) is 18.8 Å². The van der Waals surface area contributed by atoms with Crippen LogP contribution in [-0.2, 0) is 20.9 Å². The average Bonchev–Trinajstić information content (AvgIpc) is 2.72. The highest BCUT2D eigenvalue weighted by atomic mass is 19.1. The van der Waals surface area contributed by atoms with Gasteiger partial charge in [0.1, 0.15) is 5.82 Å². The Balaban J connectivity index is 1.93. The molecule has 2 aromatic carbocycles. The molecule has 0 aliphatic heterocycles. The van der Waals surface area contributed by atoms with Gasteiger partial charge in [0, 0.05) is 31.9 Å². The van der Waals surface area contributed by atoms with E-state index in [1.54, 1.807) is 55.3 Å². The lowest BCUT2D eigenvalue weighted by molar-refractivity contribution is -0.904. The van der Waals surface area contributed by atoms with Gasteiger partial charge >= 0.3 is 0 Å². The van der Waals surface area contributed by atoms with Gasteiger partial charge in [0.05, 0.1) is 6.54 Å². The molecule has 0 saturated heterocycles. The van der Waals surface area contributed by atoms with Crippen LogP contribution in [0.2, 0.25) is 0 Å². The predicted molar refractivity (Wildman–Crippen MR) is 118 cm³/mol. The summed E-state index contributed by atoms with van der Waals surface area (Å²) in [5.74, 6) is -0.834. The number of hydrogen-bond donors (Lipinski definition) is 3. The van der Waals surface area contributed by atoms with E-state index in [1.165, 1.54) is 19.1 Å². The van der Waals surface area contributed by atoms with Crippen molar-refractivity contribution in [2.75, 3.05) is 30.8 Å². The molecule has 0 spiro atoms. The summed E-state index contributed by atoms with van der Waals surface area (Å²) in [5.41, 5.74) is 1.96. The number of carbonyl (C=O) groups excluding carboxylic acids is 3. The minimum atomic E-state index is -0.434. The number of likely N-dealkylation sites (N-methyl/N-ethyl adjacent to an activating group) is 2. The summed E-state index contributed by atoms with van der Waals surface area (Å²) in [5, 5.41) is 5.48. The lowest BCUT2D eigenvalue weighted by atomic mass is 10.2. The highest BCUT2D eigenvalue weighted by Crippen LogP contribution is 2.13. The van der Waals surface area contributed by atoms with Crippen LogP contribution < -0.4 is 15.5 Å². The van der Waals surface area contributed by atoms with Crippen LogP contribution in [0.5, 0.6) is 0 Å². The molecule has 7 nitrogen and oxygen atoms in total. The van der Waals surface area contributed by atoms with Gasteiger partial charge in [-0.3, -0.25) is 14.4 Å². The summed E-state index contributed by atoms with van der Waals surface area (Å²) in [4.78, 5) is 38.8. The molecule has 8 heteroatoms. The number of quaternary nitrogens is 1. The second kappa shape index (κ2) is 11.2. The summed E-state index contributed by atoms with van der Waals surface area (Å²) in [6.45, 7) is 6.15. The summed E-state index contributed by atoms with van der Waals surface area (Å²) >= 11 is 0. The molecule has 0 aliphatic carbocycles. The molecule has 31 heavy (non-hydrogen) atoms. The quantitative estimate of drug-likeness (QED) is 0.567. The normalized spacial score (nSPS) is 12.5. The van der Waals surface area contributed by atoms with Crippen molar-refractivity contribution in [3.8, 4) is 0 Å². The number of nitrogens with one attached hydrogen (secondary N) is 3. The van der Waals surface area contributed by atoms with Gasteiger partial charge in [-0.15, -0.1) is 0 Å². The van der Waals surface area contributed by atoms with Crippen LogP contribution in [0.4, 0.5) is 15.8 Å². The third-order valence-electron chi connectivity index (χ3n) is 5.00. The van der Waals surface area contributed by atoms with E-state index in [2.05, 4.69) is 10.6 Å². The molecule has 0 saturated carbocycles. The molecule has 0 bridgehead atoms. The van der Waals surface area contributed by atoms with Gasteiger partial charge in [-0.05, 0) is 55.8 Å². The number of rotatable bonds is 9. The van der Waals surface area contributed by atoms with Gasteiger partial charge in [0.15, 0.2) is 12.6 Å². The monoisotopic (exact) mass is 429 g/mol. The molecule has 2 aromatic rings. The molecule has 0 fully saturated rings. The van der Waals surface area contributed by atoms with Crippen molar-refractivity contribution in [1.82, 2.24) is 4.90 Å². The molecule has 2 rings (SSSR count). The van der Waals surface area contributed by atoms with E-state index in [1.807, 2.05) is 6.92 Å². The van der Waals surface area contributed by atoms with Crippen molar-refractivity contribution in [2.45, 2.75) is 33.4 Å². The summed E-state index contributed by atoms with van der Waals surface area (Å²) < 4.78 is 13.4. The van der Waals surface area contributed by atoms with Gasteiger partial charge < -0.3 is 20.4 Å². The Hall–Kier alpha value is -3.26. The Kier molecular flexibility index (Phi) is 8.69. The van der Waals surface area contributed by atoms with Crippen LogP contribution in [-0.4, -0.2) is 48.8 Å². The fraction of sp³-hybridized carbons (Fsp3) is 0.348. The van der Waals surface area contributed by atoms with Crippen LogP contribution in [0.1, 0.15) is 26.3 Å². The Morgan fingerprint density at radius 3 is 2.23 bits per heavy atom. The fourth-order valence-electron chi connectivity index (χ4n) is 3.33. The van der Waals surface area contributed by atoms with Gasteiger partial charge in [-0.1, -0.05) is 12.1 Å². The number of nitrogens with zero attached hydrogens (tertiary/aromatic N) is 1. The van der Waals surface area contributed by atoms with Crippen molar-refractivity contribution < 1.29 is 23.7 Å². The fourth-order valence-corrected chi connectivity index (χ4v) is 3.33. The van der Waals surface area contributed by atoms with E-state index in [4.69, 9.17) is 0 Å². The number of hydrogen-bond acceptors (Lipinski definition) is 3. The van der Waals surface area contributed by atoms with Crippen molar-refractivity contribution in [2.24, 2.45) is 0 Å². The van der Waals surface area contributed by atoms with E-state index < -0.39 is 6.04 Å². The zero-order valence-electron chi connectivity index (χ0n) is 18.4. The first kappa shape index (κ1) is 24.0. The van der Waals surface area contributed by atoms with E-state index in [0.717, 1.165) is 4.90 Å². The number of anilines is 2. The zero-order valence-corrected chi connectivity index (χ0v) is 18.4. The lowest BCUT2D eigenvalue weighted by Crippen LogP contribution is -3.17. The Morgan fingerprint density at radius 1 is 1.06 bits per heavy atom. The summed E-state index contributed by atoms with van der Waals surface area (Å²) in [6, 6.07) is 12.5. The minimum Gasteiger partial charge on any atom is -0.336 e. The lowest BCUT2D eigenvalue weighted by Gasteiger charge is -2.27. The van der Waals surface area contributed by atoms with Crippen molar-refractivity contribution in [3.05, 3.63) is 59.9 Å². The third kappa shape index (κ3) is 7.49. The molecule has 0 aromatic heterocycles. The van der Waals surface area contributed by atoms with Crippen LogP contribution in [0.15, 0.2) is 48.5 Å². The molecule has 3 N–H and O–H groups in total. The predicted octanol–water partition coefficient (Wildman–Crippen LogP) is 1.67. The van der Waals surface area contributed by atoms with Gasteiger partial charge in [-0.25, -0.2) is 4.39 Å². The first-order valence-corrected chi connectivity index (χ1v) is 10.2. The second-order valence-electron chi connectivity index (χ2n) is 7.54. The standard InChI is InChI=1S/C23H29FN4O3/c1-5-28(15-22(30)26-21-11-9-20(10-12-21)25-17(3)29)16(2)23(31)27(4)14-18-7-6-8-19(24)13-18/h6-13,16H,5,14-15H2,1-4H3,(H,25,29)(H,26,30)/p+1/t16-/m0/s1. The molecular weight excluding hydrogens is 399 g/mol. The maximum atomic E-state index is 13.4. The molecule has 1 unspecified atom stereocenters. The van der Waals surface area contributed by atoms with E-state index in [-0.39, 0.29) is 30.1 Å². The zero-order chi connectivity index (χ0) is 23.0. The van der Waals surface area contributed by atoms with Gasteiger partial charge in [0.25, 0.3) is 11.8 Å². The smallest absolute Gasteiger partial charge is 0.280 e. The van der Waals surface area contributed by atoms with Crippen molar-refractivity contribution in [3.63, 3.8) is 0 Å². The molecule has 0 aliphatic rings. The SMILES string of the molecule is CC[NH+](CC(=O)Nc1ccc(NC(C)=O)cc1)[C@@H](C)C(=O)N(C)Cc1cccc(F)c1. The summed E-state index contributed by atoms with van der Waals surface area (Å²) in [6.07, 6.45) is 0. The van der Waals surface area contributed by atoms with Crippen LogP contribution >= 0.6 is 0 Å². The highest BCUT2D eigenvalue weighted by molar-refractivity contribution is 5.93. The van der Waals surface area contributed by atoms with Gasteiger partial charge in [0.2, 0.25) is 5.91 Å². The first-order chi connectivity index (χ1) is 14.7. The van der Waals surface area contributed by atoms with Gasteiger partial charge in [-0.2, -0.15) is 0 Å². The minimum absolute atomic E-state index is 0.117. The summed E-state index contributed by atoms with van der Waals surface area (Å²) in [7, 11) is 1.67. The number of carbonyl (C=O) groups is 3. The molecule has 2 atom stereocenters. The topological polar surface area (TPSA) is 83.0 Å². The maximum Gasteiger partial charge on any atom is 0.280 e. The molecular formula is C23H30FN4O3+. The van der Waals surface area contributed by atoms with E-state index in [0.29, 0.717) is 30.0 Å². The number of benzene rings is 2. The average molecular weight is 430 g/mol. The van der Waals surface area contributed by atoms with Crippen molar-refractivity contribution >= 4 is 29.1 Å². The van der Waals surface area contributed by atoms with Crippen molar-refractivity contribution in [1.29, 1.82) is 0 Å². The number of amides is 3. The largest absolute Gasteiger partial charge is 0.336 e. The highest BCUT2D eigenvalue weighted by Gasteiger charge is 2.28. The Morgan fingerprint density at radius 2 is 1.68 bits per heavy atom. The molecule has 166 valence electrons. The van der Waals surface area contributed by atoms with Crippen LogP contribution in [0.25, 0.3) is 0 Å². The number of halogens is 1. The third-order valence-corrected chi connectivity index (χ3v) is 5.00. The second-order valence-corrected chi connectivity index (χ2v) is 7.54. The molecule has 0 heterocycles. The first-order valence-electron chi connectivity index (χ1n) is 10.2. The molecule has 0 radical (unpaired) electrons. The molecule has 3 amide bonds. The van der Waals surface area contributed by atoms with Crippen LogP contribution in [0, 0.1) is 5.82 Å². The van der Waals surface area contributed by atoms with Crippen LogP contribution in [0.3, 0.4) is 0 Å².